The monoisotopic (exact) mass is 294 g/mol. The van der Waals surface area contributed by atoms with Gasteiger partial charge in [0.05, 0.1) is 6.61 Å². The molecule has 0 saturated carbocycles. The largest absolute Gasteiger partial charge is 0.480 e. The number of hydrogen-bond acceptors (Lipinski definition) is 3. The summed E-state index contributed by atoms with van der Waals surface area (Å²) in [5.74, 6) is -0.839. The molecule has 0 saturated heterocycles. The van der Waals surface area contributed by atoms with E-state index in [1.165, 1.54) is 4.90 Å². The van der Waals surface area contributed by atoms with E-state index in [0.717, 1.165) is 5.56 Å². The molecule has 0 aliphatic carbocycles. The molecular weight excluding hydrogens is 272 g/mol. The first-order valence-electron chi connectivity index (χ1n) is 6.78. The molecule has 0 bridgehead atoms. The van der Waals surface area contributed by atoms with Gasteiger partial charge in [-0.25, -0.2) is 4.79 Å². The van der Waals surface area contributed by atoms with E-state index in [-0.39, 0.29) is 12.5 Å². The van der Waals surface area contributed by atoms with Crippen LogP contribution in [0.2, 0.25) is 0 Å². The highest BCUT2D eigenvalue weighted by atomic mass is 16.5. The number of amides is 2. The molecule has 0 aliphatic rings. The summed E-state index contributed by atoms with van der Waals surface area (Å²) in [6.45, 7) is 4.38. The summed E-state index contributed by atoms with van der Waals surface area (Å²) in [5, 5.41) is 11.6. The Morgan fingerprint density at radius 1 is 1.38 bits per heavy atom. The van der Waals surface area contributed by atoms with Gasteiger partial charge in [0.15, 0.2) is 0 Å². The van der Waals surface area contributed by atoms with Crippen molar-refractivity contribution < 1.29 is 19.4 Å². The average molecular weight is 294 g/mol. The van der Waals surface area contributed by atoms with Crippen LogP contribution >= 0.6 is 0 Å². The number of carboxylic acids is 1. The van der Waals surface area contributed by atoms with Crippen LogP contribution in [0.5, 0.6) is 0 Å². The van der Waals surface area contributed by atoms with Gasteiger partial charge in [-0.3, -0.25) is 4.79 Å². The van der Waals surface area contributed by atoms with Crippen molar-refractivity contribution in [3.63, 3.8) is 0 Å². The van der Waals surface area contributed by atoms with Gasteiger partial charge in [0.2, 0.25) is 0 Å². The van der Waals surface area contributed by atoms with Crippen LogP contribution in [0.4, 0.5) is 10.5 Å². The minimum absolute atomic E-state index is 0.190. The molecule has 1 aromatic carbocycles. The quantitative estimate of drug-likeness (QED) is 0.809. The molecule has 1 aromatic rings. The van der Waals surface area contributed by atoms with Crippen molar-refractivity contribution in [2.24, 2.45) is 5.92 Å². The van der Waals surface area contributed by atoms with Crippen molar-refractivity contribution in [2.75, 3.05) is 25.5 Å². The maximum atomic E-state index is 12.2. The molecule has 6 heteroatoms. The van der Waals surface area contributed by atoms with Crippen LogP contribution in [0.1, 0.15) is 19.4 Å². The van der Waals surface area contributed by atoms with Crippen molar-refractivity contribution in [3.8, 4) is 0 Å². The van der Waals surface area contributed by atoms with Crippen LogP contribution < -0.4 is 5.32 Å². The Labute approximate surface area is 124 Å². The Morgan fingerprint density at radius 2 is 2.10 bits per heavy atom. The minimum atomic E-state index is -1.03. The Kier molecular flexibility index (Phi) is 6.68. The highest BCUT2D eigenvalue weighted by Gasteiger charge is 2.18. The summed E-state index contributed by atoms with van der Waals surface area (Å²) in [5.41, 5.74) is 1.55. The second kappa shape index (κ2) is 8.26. The Bertz CT molecular complexity index is 488. The molecule has 0 unspecified atom stereocenters. The topological polar surface area (TPSA) is 78.9 Å². The number of nitrogens with zero attached hydrogens (tertiary/aromatic N) is 1. The summed E-state index contributed by atoms with van der Waals surface area (Å²) in [6.07, 6.45) is 0. The standard InChI is InChI=1S/C15H22N2O4/c1-11(2)8-17(9-14(18)19)15(20)16-13-6-4-5-12(7-13)10-21-3/h4-7,11H,8-10H2,1-3H3,(H,16,20)(H,18,19). The third kappa shape index (κ3) is 6.27. The minimum Gasteiger partial charge on any atom is -0.480 e. The number of nitrogens with one attached hydrogen (secondary N) is 1. The highest BCUT2D eigenvalue weighted by molar-refractivity contribution is 5.91. The van der Waals surface area contributed by atoms with Crippen LogP contribution in [0.3, 0.4) is 0 Å². The van der Waals surface area contributed by atoms with Gasteiger partial charge in [-0.1, -0.05) is 26.0 Å². The first-order chi connectivity index (χ1) is 9.92. The van der Waals surface area contributed by atoms with Gasteiger partial charge in [0, 0.05) is 19.3 Å². The van der Waals surface area contributed by atoms with Crippen LogP contribution in [0, 0.1) is 5.92 Å². The summed E-state index contributed by atoms with van der Waals surface area (Å²) in [4.78, 5) is 24.3. The molecular formula is C15H22N2O4. The average Bonchev–Trinajstić information content (AvgIpc) is 2.37. The number of anilines is 1. The first-order valence-corrected chi connectivity index (χ1v) is 6.78. The second-order valence-electron chi connectivity index (χ2n) is 5.23. The van der Waals surface area contributed by atoms with E-state index in [0.29, 0.717) is 18.8 Å². The molecule has 2 N–H and O–H groups in total. The molecule has 1 rings (SSSR count). The van der Waals surface area contributed by atoms with Crippen LogP contribution in [0.15, 0.2) is 24.3 Å². The molecule has 6 nitrogen and oxygen atoms in total. The number of carbonyl (C=O) groups is 2. The predicted molar refractivity (Wildman–Crippen MR) is 80.2 cm³/mol. The summed E-state index contributed by atoms with van der Waals surface area (Å²) < 4.78 is 5.04. The van der Waals surface area contributed by atoms with Gasteiger partial charge < -0.3 is 20.1 Å². The van der Waals surface area contributed by atoms with Crippen molar-refractivity contribution in [1.82, 2.24) is 4.90 Å². The molecule has 0 atom stereocenters. The molecule has 2 amide bonds. The molecule has 0 spiro atoms. The van der Waals surface area contributed by atoms with E-state index in [1.807, 2.05) is 26.0 Å². The molecule has 0 aromatic heterocycles. The van der Waals surface area contributed by atoms with E-state index >= 15 is 0 Å². The van der Waals surface area contributed by atoms with E-state index in [1.54, 1.807) is 19.2 Å². The number of rotatable bonds is 7. The van der Waals surface area contributed by atoms with Gasteiger partial charge in [-0.05, 0) is 23.6 Å². The number of hydrogen-bond donors (Lipinski definition) is 2. The fourth-order valence-electron chi connectivity index (χ4n) is 1.93. The smallest absolute Gasteiger partial charge is 0.323 e. The maximum Gasteiger partial charge on any atom is 0.323 e. The molecule has 0 aliphatic heterocycles. The van der Waals surface area contributed by atoms with Crippen molar-refractivity contribution >= 4 is 17.7 Å². The summed E-state index contributed by atoms with van der Waals surface area (Å²) in [6, 6.07) is 6.85. The maximum absolute atomic E-state index is 12.2. The van der Waals surface area contributed by atoms with E-state index in [9.17, 15) is 9.59 Å². The third-order valence-corrected chi connectivity index (χ3v) is 2.69. The zero-order chi connectivity index (χ0) is 15.8. The van der Waals surface area contributed by atoms with Gasteiger partial charge in [0.25, 0.3) is 0 Å². The molecule has 0 radical (unpaired) electrons. The number of carbonyl (C=O) groups excluding carboxylic acids is 1. The van der Waals surface area contributed by atoms with Gasteiger partial charge in [-0.15, -0.1) is 0 Å². The van der Waals surface area contributed by atoms with Crippen molar-refractivity contribution in [1.29, 1.82) is 0 Å². The molecule has 116 valence electrons. The zero-order valence-corrected chi connectivity index (χ0v) is 12.6. The van der Waals surface area contributed by atoms with Crippen LogP contribution in [0.25, 0.3) is 0 Å². The lowest BCUT2D eigenvalue weighted by Crippen LogP contribution is -2.40. The predicted octanol–water partition coefficient (Wildman–Crippen LogP) is 2.41. The number of aliphatic carboxylic acids is 1. The molecule has 21 heavy (non-hydrogen) atoms. The van der Waals surface area contributed by atoms with E-state index in [4.69, 9.17) is 9.84 Å². The fourth-order valence-corrected chi connectivity index (χ4v) is 1.93. The highest BCUT2D eigenvalue weighted by Crippen LogP contribution is 2.12. The number of methoxy groups -OCH3 is 1. The Balaban J connectivity index is 2.75. The van der Waals surface area contributed by atoms with Gasteiger partial charge in [-0.2, -0.15) is 0 Å². The van der Waals surface area contributed by atoms with Crippen LogP contribution in [-0.4, -0.2) is 42.2 Å². The lowest BCUT2D eigenvalue weighted by atomic mass is 10.2. The number of carboxylic acid groups (broad SMARTS) is 1. The normalized spacial score (nSPS) is 10.5. The zero-order valence-electron chi connectivity index (χ0n) is 12.6. The molecule has 0 heterocycles. The van der Waals surface area contributed by atoms with E-state index in [2.05, 4.69) is 5.32 Å². The lowest BCUT2D eigenvalue weighted by Gasteiger charge is -2.23. The summed E-state index contributed by atoms with van der Waals surface area (Å²) in [7, 11) is 1.60. The van der Waals surface area contributed by atoms with Crippen LogP contribution in [-0.2, 0) is 16.1 Å². The number of ether oxygens (including phenoxy) is 1. The SMILES string of the molecule is COCc1cccc(NC(=O)N(CC(=O)O)CC(C)C)c1. The Hall–Kier alpha value is -2.08. The second-order valence-corrected chi connectivity index (χ2v) is 5.23. The lowest BCUT2D eigenvalue weighted by molar-refractivity contribution is -0.137. The number of benzene rings is 1. The van der Waals surface area contributed by atoms with Gasteiger partial charge in [0.1, 0.15) is 6.54 Å². The first kappa shape index (κ1) is 17.0. The van der Waals surface area contributed by atoms with Gasteiger partial charge >= 0.3 is 12.0 Å². The fraction of sp³-hybridized carbons (Fsp3) is 0.467. The van der Waals surface area contributed by atoms with E-state index < -0.39 is 12.0 Å². The summed E-state index contributed by atoms with van der Waals surface area (Å²) >= 11 is 0. The van der Waals surface area contributed by atoms with Crippen molar-refractivity contribution in [3.05, 3.63) is 29.8 Å². The number of urea groups is 1. The molecule has 0 fully saturated rings. The van der Waals surface area contributed by atoms with Crippen molar-refractivity contribution in [2.45, 2.75) is 20.5 Å². The Morgan fingerprint density at radius 3 is 2.67 bits per heavy atom. The third-order valence-electron chi connectivity index (χ3n) is 2.69.